The summed E-state index contributed by atoms with van der Waals surface area (Å²) in [5.41, 5.74) is 0. The van der Waals surface area contributed by atoms with Crippen molar-refractivity contribution in [3.8, 4) is 0 Å². The zero-order valence-corrected chi connectivity index (χ0v) is 11.7. The summed E-state index contributed by atoms with van der Waals surface area (Å²) in [5.74, 6) is -1.07. The van der Waals surface area contributed by atoms with E-state index in [1.54, 1.807) is 0 Å². The summed E-state index contributed by atoms with van der Waals surface area (Å²) in [6, 6.07) is 0.186. The Labute approximate surface area is 115 Å². The van der Waals surface area contributed by atoms with E-state index in [2.05, 4.69) is 12.2 Å². The molecule has 0 spiro atoms. The molecule has 2 aliphatic rings. The smallest absolute Gasteiger partial charge is 0.307 e. The molecule has 0 heterocycles. The molecule has 0 bridgehead atoms. The molecule has 2 N–H and O–H groups in total. The van der Waals surface area contributed by atoms with Crippen LogP contribution in [0.25, 0.3) is 0 Å². The van der Waals surface area contributed by atoms with Crippen molar-refractivity contribution in [2.75, 3.05) is 0 Å². The molecule has 0 aromatic carbocycles. The van der Waals surface area contributed by atoms with Crippen LogP contribution in [0.3, 0.4) is 0 Å². The third kappa shape index (κ3) is 3.48. The van der Waals surface area contributed by atoms with Crippen LogP contribution in [-0.4, -0.2) is 23.0 Å². The number of nitrogens with one attached hydrogen (secondary N) is 1. The number of carboxylic acids is 1. The molecule has 19 heavy (non-hydrogen) atoms. The second-order valence-corrected chi connectivity index (χ2v) is 6.18. The van der Waals surface area contributed by atoms with Gasteiger partial charge in [0.05, 0.1) is 11.8 Å². The molecular formula is C15H25NO3. The topological polar surface area (TPSA) is 66.4 Å². The van der Waals surface area contributed by atoms with Crippen molar-refractivity contribution >= 4 is 11.9 Å². The van der Waals surface area contributed by atoms with Crippen LogP contribution in [0.5, 0.6) is 0 Å². The standard InChI is InChI=1S/C15H25NO3/c1-10(11-6-2-3-7-11)16-14(17)12-8-4-5-9-13(12)15(18)19/h10-13H,2-9H2,1H3,(H,16,17)(H,18,19)/t10-,12+,13-/m0/s1. The average Bonchev–Trinajstić information content (AvgIpc) is 2.92. The lowest BCUT2D eigenvalue weighted by molar-refractivity contribution is -0.149. The molecule has 0 saturated heterocycles. The number of hydrogen-bond acceptors (Lipinski definition) is 2. The van der Waals surface area contributed by atoms with Crippen LogP contribution in [0.4, 0.5) is 0 Å². The second-order valence-electron chi connectivity index (χ2n) is 6.18. The first-order chi connectivity index (χ1) is 9.09. The van der Waals surface area contributed by atoms with Gasteiger partial charge < -0.3 is 10.4 Å². The summed E-state index contributed by atoms with van der Waals surface area (Å²) in [7, 11) is 0. The van der Waals surface area contributed by atoms with Gasteiger partial charge in [-0.1, -0.05) is 25.7 Å². The minimum Gasteiger partial charge on any atom is -0.481 e. The molecule has 0 radical (unpaired) electrons. The van der Waals surface area contributed by atoms with Gasteiger partial charge in [0.15, 0.2) is 0 Å². The molecule has 4 nitrogen and oxygen atoms in total. The van der Waals surface area contributed by atoms with Crippen molar-refractivity contribution in [1.29, 1.82) is 0 Å². The van der Waals surface area contributed by atoms with Crippen molar-refractivity contribution in [3.63, 3.8) is 0 Å². The Balaban J connectivity index is 1.91. The minimum absolute atomic E-state index is 0.0356. The molecule has 0 aromatic rings. The fraction of sp³-hybridized carbons (Fsp3) is 0.867. The van der Waals surface area contributed by atoms with Gasteiger partial charge in [0.1, 0.15) is 0 Å². The van der Waals surface area contributed by atoms with E-state index in [1.165, 1.54) is 25.7 Å². The number of hydrogen-bond donors (Lipinski definition) is 2. The predicted molar refractivity (Wildman–Crippen MR) is 72.6 cm³/mol. The zero-order chi connectivity index (χ0) is 13.8. The predicted octanol–water partition coefficient (Wildman–Crippen LogP) is 2.57. The van der Waals surface area contributed by atoms with E-state index in [0.717, 1.165) is 19.3 Å². The first-order valence-electron chi connectivity index (χ1n) is 7.62. The van der Waals surface area contributed by atoms with E-state index < -0.39 is 11.9 Å². The molecule has 0 aliphatic heterocycles. The van der Waals surface area contributed by atoms with Gasteiger partial charge in [0.25, 0.3) is 0 Å². The van der Waals surface area contributed by atoms with Crippen LogP contribution in [0.15, 0.2) is 0 Å². The monoisotopic (exact) mass is 267 g/mol. The maximum absolute atomic E-state index is 12.3. The molecule has 0 unspecified atom stereocenters. The third-order valence-corrected chi connectivity index (χ3v) is 4.90. The first kappa shape index (κ1) is 14.4. The number of aliphatic carboxylic acids is 1. The van der Waals surface area contributed by atoms with Crippen molar-refractivity contribution in [2.45, 2.75) is 64.3 Å². The molecule has 2 aliphatic carbocycles. The normalized spacial score (nSPS) is 29.9. The first-order valence-corrected chi connectivity index (χ1v) is 7.62. The maximum Gasteiger partial charge on any atom is 0.307 e. The van der Waals surface area contributed by atoms with Gasteiger partial charge in [-0.15, -0.1) is 0 Å². The van der Waals surface area contributed by atoms with Gasteiger partial charge in [-0.05, 0) is 38.5 Å². The SMILES string of the molecule is C[C@H](NC(=O)[C@@H]1CCCC[C@@H]1C(=O)O)C1CCCC1. The highest BCUT2D eigenvalue weighted by Gasteiger charge is 2.36. The number of carboxylic acid groups (broad SMARTS) is 1. The van der Waals surface area contributed by atoms with E-state index in [1.807, 2.05) is 0 Å². The van der Waals surface area contributed by atoms with Gasteiger partial charge >= 0.3 is 5.97 Å². The summed E-state index contributed by atoms with van der Waals surface area (Å²) in [6.45, 7) is 2.06. The van der Waals surface area contributed by atoms with Crippen molar-refractivity contribution in [1.82, 2.24) is 5.32 Å². The molecule has 1 amide bonds. The molecule has 3 atom stereocenters. The van der Waals surface area contributed by atoms with Gasteiger partial charge in [-0.25, -0.2) is 0 Å². The number of rotatable bonds is 4. The summed E-state index contributed by atoms with van der Waals surface area (Å²) < 4.78 is 0. The van der Waals surface area contributed by atoms with Crippen molar-refractivity contribution in [3.05, 3.63) is 0 Å². The Kier molecular flexibility index (Phi) is 4.83. The van der Waals surface area contributed by atoms with Gasteiger partial charge in [0, 0.05) is 6.04 Å². The molecule has 108 valence electrons. The van der Waals surface area contributed by atoms with Crippen LogP contribution in [0.2, 0.25) is 0 Å². The number of carbonyl (C=O) groups excluding carboxylic acids is 1. The zero-order valence-electron chi connectivity index (χ0n) is 11.7. The lowest BCUT2D eigenvalue weighted by Gasteiger charge is -2.30. The van der Waals surface area contributed by atoms with Crippen LogP contribution in [0.1, 0.15) is 58.3 Å². The lowest BCUT2D eigenvalue weighted by Crippen LogP contribution is -2.45. The summed E-state index contributed by atoms with van der Waals surface area (Å²) in [5, 5.41) is 12.3. The van der Waals surface area contributed by atoms with E-state index in [9.17, 15) is 14.7 Å². The minimum atomic E-state index is -0.812. The maximum atomic E-state index is 12.3. The van der Waals surface area contributed by atoms with Gasteiger partial charge in [-0.2, -0.15) is 0 Å². The molecular weight excluding hydrogens is 242 g/mol. The highest BCUT2D eigenvalue weighted by atomic mass is 16.4. The Hall–Kier alpha value is -1.06. The Morgan fingerprint density at radius 2 is 1.53 bits per heavy atom. The van der Waals surface area contributed by atoms with E-state index in [4.69, 9.17) is 0 Å². The van der Waals surface area contributed by atoms with Gasteiger partial charge in [-0.3, -0.25) is 9.59 Å². The van der Waals surface area contributed by atoms with Crippen LogP contribution >= 0.6 is 0 Å². The summed E-state index contributed by atoms with van der Waals surface area (Å²) >= 11 is 0. The number of amides is 1. The Bertz CT molecular complexity index is 336. The second kappa shape index (κ2) is 6.40. The van der Waals surface area contributed by atoms with Gasteiger partial charge in [0.2, 0.25) is 5.91 Å². The fourth-order valence-electron chi connectivity index (χ4n) is 3.65. The molecule has 2 fully saturated rings. The Morgan fingerprint density at radius 1 is 1.00 bits per heavy atom. The van der Waals surface area contributed by atoms with Crippen LogP contribution in [0, 0.1) is 17.8 Å². The number of carbonyl (C=O) groups is 2. The fourth-order valence-corrected chi connectivity index (χ4v) is 3.65. The molecule has 2 saturated carbocycles. The molecule has 0 aromatic heterocycles. The van der Waals surface area contributed by atoms with Crippen molar-refractivity contribution < 1.29 is 14.7 Å². The van der Waals surface area contributed by atoms with Crippen LogP contribution < -0.4 is 5.32 Å². The van der Waals surface area contributed by atoms with Crippen LogP contribution in [-0.2, 0) is 9.59 Å². The highest BCUT2D eigenvalue weighted by molar-refractivity contribution is 5.85. The Morgan fingerprint density at radius 3 is 2.11 bits per heavy atom. The molecule has 2 rings (SSSR count). The van der Waals surface area contributed by atoms with E-state index in [0.29, 0.717) is 12.3 Å². The van der Waals surface area contributed by atoms with E-state index >= 15 is 0 Å². The summed E-state index contributed by atoms with van der Waals surface area (Å²) in [4.78, 5) is 23.5. The van der Waals surface area contributed by atoms with Crippen molar-refractivity contribution in [2.24, 2.45) is 17.8 Å². The third-order valence-electron chi connectivity index (χ3n) is 4.90. The summed E-state index contributed by atoms with van der Waals surface area (Å²) in [6.07, 6.45) is 8.16. The lowest BCUT2D eigenvalue weighted by atomic mass is 9.78. The average molecular weight is 267 g/mol. The largest absolute Gasteiger partial charge is 0.481 e. The molecule has 4 heteroatoms. The quantitative estimate of drug-likeness (QED) is 0.822. The van der Waals surface area contributed by atoms with E-state index in [-0.39, 0.29) is 17.9 Å². The highest BCUT2D eigenvalue weighted by Crippen LogP contribution is 2.32.